The van der Waals surface area contributed by atoms with E-state index in [0.717, 1.165) is 11.1 Å². The van der Waals surface area contributed by atoms with Crippen molar-refractivity contribution in [1.29, 1.82) is 0 Å². The Morgan fingerprint density at radius 2 is 1.57 bits per heavy atom. The van der Waals surface area contributed by atoms with Crippen LogP contribution >= 0.6 is 0 Å². The summed E-state index contributed by atoms with van der Waals surface area (Å²) in [5.74, 6) is -0.698. The minimum Gasteiger partial charge on any atom is -0.488 e. The number of allylic oxidation sites excluding steroid dienone is 1. The van der Waals surface area contributed by atoms with Gasteiger partial charge in [0.25, 0.3) is 5.91 Å². The van der Waals surface area contributed by atoms with Crippen LogP contribution in [0.5, 0.6) is 0 Å². The van der Waals surface area contributed by atoms with Crippen molar-refractivity contribution in [1.82, 2.24) is 10.0 Å². The van der Waals surface area contributed by atoms with E-state index in [0.29, 0.717) is 61.0 Å². The van der Waals surface area contributed by atoms with Gasteiger partial charge in [-0.25, -0.2) is 5.01 Å². The Kier molecular flexibility index (Phi) is 9.25. The first-order chi connectivity index (χ1) is 19.2. The van der Waals surface area contributed by atoms with Crippen LogP contribution < -0.4 is 5.73 Å². The monoisotopic (exact) mass is 545 g/mol. The normalized spacial score (nSPS) is 21.8. The Hall–Kier alpha value is -3.72. The quantitative estimate of drug-likeness (QED) is 0.451. The van der Waals surface area contributed by atoms with E-state index in [9.17, 15) is 9.59 Å². The van der Waals surface area contributed by atoms with Gasteiger partial charge in [0.1, 0.15) is 18.5 Å². The van der Waals surface area contributed by atoms with Crippen molar-refractivity contribution in [3.8, 4) is 0 Å². The largest absolute Gasteiger partial charge is 0.488 e. The fourth-order valence-corrected chi connectivity index (χ4v) is 5.57. The lowest BCUT2D eigenvalue weighted by molar-refractivity contribution is -0.172. The molecule has 1 aliphatic heterocycles. The number of amides is 2. The zero-order valence-electron chi connectivity index (χ0n) is 23.8. The Bertz CT molecular complexity index is 1300. The highest BCUT2D eigenvalue weighted by Crippen LogP contribution is 2.49. The van der Waals surface area contributed by atoms with Crippen LogP contribution in [0.3, 0.4) is 0 Å². The van der Waals surface area contributed by atoms with Crippen molar-refractivity contribution < 1.29 is 23.8 Å². The first kappa shape index (κ1) is 29.3. The third-order valence-corrected chi connectivity index (χ3v) is 7.68. The molecule has 0 radical (unpaired) electrons. The van der Waals surface area contributed by atoms with E-state index >= 15 is 0 Å². The zero-order valence-corrected chi connectivity index (χ0v) is 23.8. The molecule has 0 saturated carbocycles. The number of nitrogens with zero attached hydrogens (tertiary/aromatic N) is 2. The number of nitrogens with two attached hydrogens (primary N) is 1. The first-order valence-corrected chi connectivity index (χ1v) is 13.5. The SMILES string of the molecule is C=C(C)C1=C(C)C(C(N)=O)(C(=O)N(C)N2CCOCC2)C(OCc2ccccc2)C(C)=C1OCc1ccccc1. The van der Waals surface area contributed by atoms with Crippen molar-refractivity contribution in [2.45, 2.75) is 40.1 Å². The molecule has 2 atom stereocenters. The first-order valence-electron chi connectivity index (χ1n) is 13.5. The third-order valence-electron chi connectivity index (χ3n) is 7.68. The molecule has 212 valence electrons. The standard InChI is InChI=1S/C32H39N3O5/c1-22(2)27-24(4)32(30(33)36,31(37)34(5)35-16-18-38-19-17-35)29(40-21-26-14-10-7-11-15-26)23(3)28(27)39-20-25-12-8-6-9-13-25/h6-15,29H,1,16-21H2,2-5H3,(H2,33,36). The number of hydrogen-bond donors (Lipinski definition) is 1. The molecule has 2 aliphatic rings. The minimum absolute atomic E-state index is 0.175. The molecule has 40 heavy (non-hydrogen) atoms. The maximum Gasteiger partial charge on any atom is 0.259 e. The average Bonchev–Trinajstić information content (AvgIpc) is 2.96. The van der Waals surface area contributed by atoms with Gasteiger partial charge in [0, 0.05) is 25.7 Å². The topological polar surface area (TPSA) is 94.3 Å². The second kappa shape index (κ2) is 12.6. The summed E-state index contributed by atoms with van der Waals surface area (Å²) in [4.78, 5) is 28.2. The van der Waals surface area contributed by atoms with Crippen molar-refractivity contribution in [3.63, 3.8) is 0 Å². The van der Waals surface area contributed by atoms with Gasteiger partial charge in [0.15, 0.2) is 5.41 Å². The molecule has 2 aromatic rings. The van der Waals surface area contributed by atoms with Gasteiger partial charge in [-0.1, -0.05) is 67.2 Å². The highest BCUT2D eigenvalue weighted by atomic mass is 16.5. The molecule has 1 aliphatic carbocycles. The predicted molar refractivity (Wildman–Crippen MR) is 153 cm³/mol. The van der Waals surface area contributed by atoms with Gasteiger partial charge in [-0.05, 0) is 48.6 Å². The second-order valence-electron chi connectivity index (χ2n) is 10.3. The van der Waals surface area contributed by atoms with Gasteiger partial charge in [-0.3, -0.25) is 14.6 Å². The number of primary amides is 1. The van der Waals surface area contributed by atoms with Crippen molar-refractivity contribution in [2.24, 2.45) is 11.1 Å². The van der Waals surface area contributed by atoms with Crippen LogP contribution in [0.1, 0.15) is 31.9 Å². The number of hydrazine groups is 1. The molecule has 1 fully saturated rings. The minimum atomic E-state index is -1.82. The van der Waals surface area contributed by atoms with Crippen molar-refractivity contribution >= 4 is 11.8 Å². The van der Waals surface area contributed by atoms with Gasteiger partial charge in [0.2, 0.25) is 5.91 Å². The lowest BCUT2D eigenvalue weighted by Crippen LogP contribution is -2.63. The zero-order chi connectivity index (χ0) is 28.9. The smallest absolute Gasteiger partial charge is 0.259 e. The molecule has 8 heteroatoms. The summed E-state index contributed by atoms with van der Waals surface area (Å²) in [7, 11) is 1.67. The molecule has 2 aromatic carbocycles. The lowest BCUT2D eigenvalue weighted by Gasteiger charge is -2.46. The molecule has 2 unspecified atom stereocenters. The third kappa shape index (κ3) is 5.61. The Morgan fingerprint density at radius 3 is 2.10 bits per heavy atom. The van der Waals surface area contributed by atoms with E-state index in [4.69, 9.17) is 19.9 Å². The van der Waals surface area contributed by atoms with Gasteiger partial charge in [-0.15, -0.1) is 0 Å². The van der Waals surface area contributed by atoms with E-state index in [1.165, 1.54) is 5.01 Å². The molecule has 1 heterocycles. The number of morpholine rings is 1. The molecule has 2 amide bonds. The van der Waals surface area contributed by atoms with Crippen molar-refractivity contribution in [2.75, 3.05) is 33.4 Å². The average molecular weight is 546 g/mol. The summed E-state index contributed by atoms with van der Waals surface area (Å²) in [5, 5.41) is 3.37. The summed E-state index contributed by atoms with van der Waals surface area (Å²) in [6.45, 7) is 12.1. The molecular formula is C32H39N3O5. The highest BCUT2D eigenvalue weighted by Gasteiger charge is 2.59. The van der Waals surface area contributed by atoms with Crippen LogP contribution in [0.4, 0.5) is 0 Å². The van der Waals surface area contributed by atoms with E-state index in [1.54, 1.807) is 14.0 Å². The predicted octanol–water partition coefficient (Wildman–Crippen LogP) is 4.15. The van der Waals surface area contributed by atoms with E-state index in [2.05, 4.69) is 6.58 Å². The van der Waals surface area contributed by atoms with Gasteiger partial charge in [0.05, 0.1) is 19.8 Å². The molecule has 4 rings (SSSR count). The van der Waals surface area contributed by atoms with E-state index in [-0.39, 0.29) is 6.61 Å². The molecule has 1 saturated heterocycles. The van der Waals surface area contributed by atoms with Gasteiger partial charge >= 0.3 is 0 Å². The number of carbonyl (C=O) groups is 2. The van der Waals surface area contributed by atoms with Crippen molar-refractivity contribution in [3.05, 3.63) is 106 Å². The molecule has 0 spiro atoms. The summed E-state index contributed by atoms with van der Waals surface area (Å²) >= 11 is 0. The number of hydrogen-bond acceptors (Lipinski definition) is 6. The van der Waals surface area contributed by atoms with Gasteiger partial charge in [-0.2, -0.15) is 0 Å². The van der Waals surface area contributed by atoms with Crippen LogP contribution in [0.2, 0.25) is 0 Å². The maximum absolute atomic E-state index is 14.5. The second-order valence-corrected chi connectivity index (χ2v) is 10.3. The van der Waals surface area contributed by atoms with Crippen LogP contribution in [0.15, 0.2) is 95.3 Å². The summed E-state index contributed by atoms with van der Waals surface area (Å²) < 4.78 is 18.4. The molecule has 0 bridgehead atoms. The lowest BCUT2D eigenvalue weighted by atomic mass is 9.65. The van der Waals surface area contributed by atoms with Crippen LogP contribution in [0, 0.1) is 5.41 Å². The summed E-state index contributed by atoms with van der Waals surface area (Å²) in [5.41, 5.74) is 8.63. The fraction of sp³-hybridized carbons (Fsp3) is 0.375. The Morgan fingerprint density at radius 1 is 1.02 bits per heavy atom. The Balaban J connectivity index is 1.84. The van der Waals surface area contributed by atoms with Crippen LogP contribution in [-0.4, -0.2) is 61.3 Å². The Labute approximate surface area is 236 Å². The fourth-order valence-electron chi connectivity index (χ4n) is 5.57. The summed E-state index contributed by atoms with van der Waals surface area (Å²) in [6.07, 6.45) is -1.00. The highest BCUT2D eigenvalue weighted by molar-refractivity contribution is 6.09. The van der Waals surface area contributed by atoms with Crippen LogP contribution in [-0.2, 0) is 37.0 Å². The van der Waals surface area contributed by atoms with Gasteiger partial charge < -0.3 is 19.9 Å². The molecule has 8 nitrogen and oxygen atoms in total. The van der Waals surface area contributed by atoms with E-state index in [1.807, 2.05) is 79.5 Å². The van der Waals surface area contributed by atoms with E-state index < -0.39 is 23.3 Å². The molecule has 2 N–H and O–H groups in total. The summed E-state index contributed by atoms with van der Waals surface area (Å²) in [6, 6.07) is 19.4. The molecular weight excluding hydrogens is 506 g/mol. The number of ether oxygens (including phenoxy) is 3. The molecule has 0 aromatic heterocycles. The number of benzene rings is 2. The van der Waals surface area contributed by atoms with Crippen LogP contribution in [0.25, 0.3) is 0 Å². The maximum atomic E-state index is 14.5. The number of carbonyl (C=O) groups excluding carboxylic acids is 2. The number of rotatable bonds is 10.